The number of hydrogen-bond donors (Lipinski definition) is 2. The Labute approximate surface area is 125 Å². The molecule has 0 radical (unpaired) electrons. The van der Waals surface area contributed by atoms with E-state index >= 15 is 0 Å². The Morgan fingerprint density at radius 1 is 1.25 bits per heavy atom. The smallest absolute Gasteiger partial charge is 0.255 e. The Hall–Kier alpha value is -1.88. The van der Waals surface area contributed by atoms with E-state index in [0.29, 0.717) is 11.3 Å². The molecule has 104 valence electrons. The Balaban J connectivity index is 2.30. The number of nitrogens with one attached hydrogen (secondary N) is 1. The number of carbonyl (C=O) groups excluding carboxylic acids is 1. The molecule has 0 aliphatic carbocycles. The third-order valence-electron chi connectivity index (χ3n) is 2.93. The van der Waals surface area contributed by atoms with Gasteiger partial charge < -0.3 is 11.1 Å². The number of nitrogen functional groups attached to an aromatic ring is 1. The zero-order valence-corrected chi connectivity index (χ0v) is 12.7. The second kappa shape index (κ2) is 5.63. The predicted octanol–water partition coefficient (Wildman–Crippen LogP) is 4.04. The molecule has 20 heavy (non-hydrogen) atoms. The number of aryl methyl sites for hydroxylation is 2. The molecule has 0 bridgehead atoms. The number of rotatable bonds is 2. The molecule has 2 rings (SSSR count). The molecule has 0 heterocycles. The van der Waals surface area contributed by atoms with Crippen molar-refractivity contribution in [3.63, 3.8) is 0 Å². The van der Waals surface area contributed by atoms with Crippen LogP contribution in [-0.4, -0.2) is 5.91 Å². The molecule has 2 aromatic rings. The molecule has 3 N–H and O–H groups in total. The van der Waals surface area contributed by atoms with E-state index in [1.165, 1.54) is 18.2 Å². The lowest BCUT2D eigenvalue weighted by Crippen LogP contribution is -2.14. The second-order valence-electron chi connectivity index (χ2n) is 4.63. The molecular weight excluding hydrogens is 323 g/mol. The van der Waals surface area contributed by atoms with Crippen LogP contribution in [0.2, 0.25) is 0 Å². The van der Waals surface area contributed by atoms with Crippen LogP contribution in [0.15, 0.2) is 34.8 Å². The number of carbonyl (C=O) groups is 1. The van der Waals surface area contributed by atoms with E-state index in [-0.39, 0.29) is 11.6 Å². The summed E-state index contributed by atoms with van der Waals surface area (Å²) < 4.78 is 13.9. The van der Waals surface area contributed by atoms with Gasteiger partial charge >= 0.3 is 0 Å². The van der Waals surface area contributed by atoms with Crippen LogP contribution in [0.25, 0.3) is 0 Å². The fraction of sp³-hybridized carbons (Fsp3) is 0.133. The lowest BCUT2D eigenvalue weighted by atomic mass is 10.1. The molecule has 0 saturated carbocycles. The molecule has 1 amide bonds. The number of nitrogens with two attached hydrogens (primary N) is 1. The standard InChI is InChI=1S/C15H14BrFN2O/c1-8-5-9(2)14(11(16)6-8)19-15(20)10-3-4-12(17)13(18)7-10/h3-7H,18H2,1-2H3,(H,19,20). The van der Waals surface area contributed by atoms with E-state index in [2.05, 4.69) is 21.2 Å². The Bertz CT molecular complexity index is 663. The van der Waals surface area contributed by atoms with Crippen LogP contribution in [0, 0.1) is 19.7 Å². The minimum absolute atomic E-state index is 0.0441. The first-order valence-electron chi connectivity index (χ1n) is 6.01. The third-order valence-corrected chi connectivity index (χ3v) is 3.55. The third kappa shape index (κ3) is 2.99. The van der Waals surface area contributed by atoms with Crippen molar-refractivity contribution < 1.29 is 9.18 Å². The Kier molecular flexibility index (Phi) is 4.09. The van der Waals surface area contributed by atoms with Gasteiger partial charge in [-0.2, -0.15) is 0 Å². The molecule has 0 atom stereocenters. The molecule has 0 aliphatic heterocycles. The summed E-state index contributed by atoms with van der Waals surface area (Å²) in [5.74, 6) is -0.862. The highest BCUT2D eigenvalue weighted by Crippen LogP contribution is 2.28. The minimum atomic E-state index is -0.533. The highest BCUT2D eigenvalue weighted by Gasteiger charge is 2.12. The largest absolute Gasteiger partial charge is 0.396 e. The van der Waals surface area contributed by atoms with Crippen LogP contribution >= 0.6 is 15.9 Å². The average Bonchev–Trinajstić information content (AvgIpc) is 2.36. The van der Waals surface area contributed by atoms with E-state index in [1.807, 2.05) is 26.0 Å². The minimum Gasteiger partial charge on any atom is -0.396 e. The molecule has 3 nitrogen and oxygen atoms in total. The summed E-state index contributed by atoms with van der Waals surface area (Å²) in [6.07, 6.45) is 0. The highest BCUT2D eigenvalue weighted by atomic mass is 79.9. The lowest BCUT2D eigenvalue weighted by molar-refractivity contribution is 0.102. The van der Waals surface area contributed by atoms with E-state index in [1.54, 1.807) is 0 Å². The number of hydrogen-bond acceptors (Lipinski definition) is 2. The first kappa shape index (κ1) is 14.5. The monoisotopic (exact) mass is 336 g/mol. The summed E-state index contributed by atoms with van der Waals surface area (Å²) in [7, 11) is 0. The number of amides is 1. The van der Waals surface area contributed by atoms with E-state index in [0.717, 1.165) is 15.6 Å². The van der Waals surface area contributed by atoms with Gasteiger partial charge in [0.05, 0.1) is 11.4 Å². The first-order valence-corrected chi connectivity index (χ1v) is 6.81. The van der Waals surface area contributed by atoms with Gasteiger partial charge in [0.25, 0.3) is 5.91 Å². The van der Waals surface area contributed by atoms with E-state index < -0.39 is 5.82 Å². The molecule has 0 unspecified atom stereocenters. The molecule has 5 heteroatoms. The maximum atomic E-state index is 13.1. The zero-order chi connectivity index (χ0) is 14.9. The molecule has 2 aromatic carbocycles. The number of anilines is 2. The first-order chi connectivity index (χ1) is 9.38. The fourth-order valence-electron chi connectivity index (χ4n) is 1.94. The van der Waals surface area contributed by atoms with Crippen LogP contribution in [0.4, 0.5) is 15.8 Å². The fourth-order valence-corrected chi connectivity index (χ4v) is 2.72. The summed E-state index contributed by atoms with van der Waals surface area (Å²) in [6.45, 7) is 3.89. The van der Waals surface area contributed by atoms with Gasteiger partial charge in [0.1, 0.15) is 5.82 Å². The lowest BCUT2D eigenvalue weighted by Gasteiger charge is -2.12. The van der Waals surface area contributed by atoms with Gasteiger partial charge in [0, 0.05) is 10.0 Å². The highest BCUT2D eigenvalue weighted by molar-refractivity contribution is 9.10. The topological polar surface area (TPSA) is 55.1 Å². The van der Waals surface area contributed by atoms with Crippen molar-refractivity contribution in [2.24, 2.45) is 0 Å². The molecule has 0 fully saturated rings. The molecular formula is C15H14BrFN2O. The summed E-state index contributed by atoms with van der Waals surface area (Å²) in [5.41, 5.74) is 8.48. The maximum absolute atomic E-state index is 13.1. The van der Waals surface area contributed by atoms with Crippen LogP contribution in [0.3, 0.4) is 0 Å². The summed E-state index contributed by atoms with van der Waals surface area (Å²) in [4.78, 5) is 12.2. The normalized spacial score (nSPS) is 10.4. The Morgan fingerprint density at radius 2 is 1.95 bits per heavy atom. The molecule has 0 aromatic heterocycles. The average molecular weight is 337 g/mol. The molecule has 0 aliphatic rings. The molecule has 0 spiro atoms. The predicted molar refractivity (Wildman–Crippen MR) is 82.4 cm³/mol. The van der Waals surface area contributed by atoms with Gasteiger partial charge in [-0.05, 0) is 65.2 Å². The quantitative estimate of drug-likeness (QED) is 0.813. The van der Waals surface area contributed by atoms with Crippen molar-refractivity contribution in [3.8, 4) is 0 Å². The molecule has 0 saturated heterocycles. The summed E-state index contributed by atoms with van der Waals surface area (Å²) in [5, 5.41) is 2.80. The van der Waals surface area contributed by atoms with Gasteiger partial charge in [-0.3, -0.25) is 4.79 Å². The zero-order valence-electron chi connectivity index (χ0n) is 11.1. The van der Waals surface area contributed by atoms with E-state index in [4.69, 9.17) is 5.73 Å². The Morgan fingerprint density at radius 3 is 2.55 bits per heavy atom. The van der Waals surface area contributed by atoms with Crippen molar-refractivity contribution in [2.75, 3.05) is 11.1 Å². The van der Waals surface area contributed by atoms with Crippen molar-refractivity contribution in [1.82, 2.24) is 0 Å². The van der Waals surface area contributed by atoms with Crippen molar-refractivity contribution in [2.45, 2.75) is 13.8 Å². The maximum Gasteiger partial charge on any atom is 0.255 e. The van der Waals surface area contributed by atoms with Crippen LogP contribution in [0.1, 0.15) is 21.5 Å². The van der Waals surface area contributed by atoms with E-state index in [9.17, 15) is 9.18 Å². The SMILES string of the molecule is Cc1cc(C)c(NC(=O)c2ccc(F)c(N)c2)c(Br)c1. The second-order valence-corrected chi connectivity index (χ2v) is 5.48. The summed E-state index contributed by atoms with van der Waals surface area (Å²) >= 11 is 3.43. The van der Waals surface area contributed by atoms with Gasteiger partial charge in [-0.15, -0.1) is 0 Å². The van der Waals surface area contributed by atoms with Gasteiger partial charge in [-0.1, -0.05) is 6.07 Å². The van der Waals surface area contributed by atoms with Gasteiger partial charge in [-0.25, -0.2) is 4.39 Å². The summed E-state index contributed by atoms with van der Waals surface area (Å²) in [6, 6.07) is 7.79. The van der Waals surface area contributed by atoms with Crippen LogP contribution in [0.5, 0.6) is 0 Å². The van der Waals surface area contributed by atoms with Crippen LogP contribution in [-0.2, 0) is 0 Å². The number of halogens is 2. The van der Waals surface area contributed by atoms with Crippen molar-refractivity contribution >= 4 is 33.2 Å². The van der Waals surface area contributed by atoms with Crippen LogP contribution < -0.4 is 11.1 Å². The van der Waals surface area contributed by atoms with Gasteiger partial charge in [0.2, 0.25) is 0 Å². The number of benzene rings is 2. The van der Waals surface area contributed by atoms with Crippen molar-refractivity contribution in [3.05, 3.63) is 57.3 Å². The van der Waals surface area contributed by atoms with Crippen molar-refractivity contribution in [1.29, 1.82) is 0 Å². The van der Waals surface area contributed by atoms with Gasteiger partial charge in [0.15, 0.2) is 0 Å².